The predicted octanol–water partition coefficient (Wildman–Crippen LogP) is 1.50. The lowest BCUT2D eigenvalue weighted by Gasteiger charge is -2.02. The van der Waals surface area contributed by atoms with E-state index in [1.54, 1.807) is 0 Å². The van der Waals surface area contributed by atoms with Crippen LogP contribution in [0.15, 0.2) is 24.4 Å². The first-order chi connectivity index (χ1) is 6.68. The summed E-state index contributed by atoms with van der Waals surface area (Å²) >= 11 is 0. The van der Waals surface area contributed by atoms with Gasteiger partial charge in [-0.2, -0.15) is 5.10 Å². The summed E-state index contributed by atoms with van der Waals surface area (Å²) in [5.41, 5.74) is 6.65. The number of H-pyrrole nitrogens is 1. The Morgan fingerprint density at radius 1 is 1.43 bits per heavy atom. The summed E-state index contributed by atoms with van der Waals surface area (Å²) in [6.07, 6.45) is 1.40. The Balaban J connectivity index is 2.62. The van der Waals surface area contributed by atoms with Crippen LogP contribution in [0.5, 0.6) is 5.75 Å². The molecule has 0 amide bonds. The highest BCUT2D eigenvalue weighted by Crippen LogP contribution is 2.31. The number of phenolic OH excluding ortho intramolecular Hbond substituents is 1. The van der Waals surface area contributed by atoms with Crippen LogP contribution in [0.2, 0.25) is 0 Å². The zero-order valence-corrected chi connectivity index (χ0v) is 7.16. The molecule has 2 aromatic rings. The highest BCUT2D eigenvalue weighted by molar-refractivity contribution is 5.76. The van der Waals surface area contributed by atoms with Crippen LogP contribution in [0.1, 0.15) is 0 Å². The largest absolute Gasteiger partial charge is 0.507 e. The van der Waals surface area contributed by atoms with Crippen LogP contribution in [-0.2, 0) is 0 Å². The number of nitrogens with two attached hydrogens (primary N) is 1. The van der Waals surface area contributed by atoms with Crippen LogP contribution in [-0.4, -0.2) is 15.3 Å². The minimum absolute atomic E-state index is 0.0395. The topological polar surface area (TPSA) is 74.9 Å². The molecule has 2 rings (SSSR count). The van der Waals surface area contributed by atoms with E-state index in [0.717, 1.165) is 0 Å². The van der Waals surface area contributed by atoms with Crippen LogP contribution in [0.3, 0.4) is 0 Å². The van der Waals surface area contributed by atoms with Crippen molar-refractivity contribution in [1.82, 2.24) is 10.2 Å². The second kappa shape index (κ2) is 3.02. The molecule has 4 N–H and O–H groups in total. The molecule has 1 aromatic heterocycles. The number of nitrogen functional groups attached to an aromatic ring is 1. The Labute approximate surface area is 79.2 Å². The Bertz CT molecular complexity index is 467. The summed E-state index contributed by atoms with van der Waals surface area (Å²) in [7, 11) is 0. The fourth-order valence-electron chi connectivity index (χ4n) is 1.22. The number of hydrogen-bond donors (Lipinski definition) is 3. The lowest BCUT2D eigenvalue weighted by molar-refractivity contribution is 0.475. The zero-order valence-electron chi connectivity index (χ0n) is 7.16. The monoisotopic (exact) mass is 193 g/mol. The summed E-state index contributed by atoms with van der Waals surface area (Å²) in [4.78, 5) is 0. The summed E-state index contributed by atoms with van der Waals surface area (Å²) in [6.45, 7) is 0. The number of halogens is 1. The maximum Gasteiger partial charge on any atom is 0.125 e. The van der Waals surface area contributed by atoms with Crippen LogP contribution in [0, 0.1) is 5.82 Å². The molecule has 0 aliphatic heterocycles. The van der Waals surface area contributed by atoms with E-state index in [2.05, 4.69) is 10.2 Å². The third kappa shape index (κ3) is 1.28. The van der Waals surface area contributed by atoms with Gasteiger partial charge in [-0.25, -0.2) is 4.39 Å². The number of rotatable bonds is 1. The van der Waals surface area contributed by atoms with E-state index in [0.29, 0.717) is 16.9 Å². The third-order valence-electron chi connectivity index (χ3n) is 1.90. The number of anilines is 1. The lowest BCUT2D eigenvalue weighted by atomic mass is 10.1. The Kier molecular flexibility index (Phi) is 1.85. The first-order valence-electron chi connectivity index (χ1n) is 3.96. The predicted molar refractivity (Wildman–Crippen MR) is 50.1 cm³/mol. The van der Waals surface area contributed by atoms with Crippen molar-refractivity contribution in [3.63, 3.8) is 0 Å². The molecule has 0 fully saturated rings. The second-order valence-corrected chi connectivity index (χ2v) is 2.86. The van der Waals surface area contributed by atoms with Crippen molar-refractivity contribution in [1.29, 1.82) is 0 Å². The standard InChI is InChI=1S/C9H8FN3O/c10-5-1-2-8(14)6(3-5)9-7(11)4-12-13-9/h1-4,14H,11H2,(H,12,13). The Morgan fingerprint density at radius 3 is 2.86 bits per heavy atom. The SMILES string of the molecule is Nc1cn[nH]c1-c1cc(F)ccc1O. The summed E-state index contributed by atoms with van der Waals surface area (Å²) < 4.78 is 12.9. The van der Waals surface area contributed by atoms with Crippen LogP contribution in [0.25, 0.3) is 11.3 Å². The summed E-state index contributed by atoms with van der Waals surface area (Å²) in [6, 6.07) is 3.63. The number of hydrogen-bond acceptors (Lipinski definition) is 3. The molecule has 0 saturated carbocycles. The maximum absolute atomic E-state index is 12.9. The van der Waals surface area contributed by atoms with Crippen LogP contribution >= 0.6 is 0 Å². The number of nitrogens with zero attached hydrogens (tertiary/aromatic N) is 1. The van der Waals surface area contributed by atoms with Gasteiger partial charge in [0.2, 0.25) is 0 Å². The van der Waals surface area contributed by atoms with Gasteiger partial charge in [0.05, 0.1) is 17.6 Å². The van der Waals surface area contributed by atoms with E-state index in [9.17, 15) is 9.50 Å². The molecule has 0 atom stereocenters. The molecule has 0 spiro atoms. The average Bonchev–Trinajstić information content (AvgIpc) is 2.56. The van der Waals surface area contributed by atoms with Gasteiger partial charge in [0.15, 0.2) is 0 Å². The number of nitrogens with one attached hydrogen (secondary N) is 1. The molecule has 0 radical (unpaired) electrons. The molecule has 72 valence electrons. The van der Waals surface area contributed by atoms with E-state index >= 15 is 0 Å². The first kappa shape index (κ1) is 8.55. The van der Waals surface area contributed by atoms with E-state index in [-0.39, 0.29) is 5.75 Å². The van der Waals surface area contributed by atoms with Crippen molar-refractivity contribution in [2.24, 2.45) is 0 Å². The van der Waals surface area contributed by atoms with Crippen LogP contribution in [0.4, 0.5) is 10.1 Å². The van der Waals surface area contributed by atoms with E-state index in [1.165, 1.54) is 24.4 Å². The molecule has 1 heterocycles. The Hall–Kier alpha value is -2.04. The van der Waals surface area contributed by atoms with Gasteiger partial charge in [-0.3, -0.25) is 5.10 Å². The average molecular weight is 193 g/mol. The van der Waals surface area contributed by atoms with Gasteiger partial charge in [-0.15, -0.1) is 0 Å². The van der Waals surface area contributed by atoms with Crippen molar-refractivity contribution in [2.75, 3.05) is 5.73 Å². The van der Waals surface area contributed by atoms with Crippen molar-refractivity contribution >= 4 is 5.69 Å². The fourth-order valence-corrected chi connectivity index (χ4v) is 1.22. The quantitative estimate of drug-likeness (QED) is 0.642. The number of aromatic nitrogens is 2. The minimum Gasteiger partial charge on any atom is -0.507 e. The first-order valence-corrected chi connectivity index (χ1v) is 3.96. The summed E-state index contributed by atoms with van der Waals surface area (Å²) in [5, 5.41) is 15.7. The number of aromatic amines is 1. The normalized spacial score (nSPS) is 10.4. The van der Waals surface area contributed by atoms with Crippen LogP contribution < -0.4 is 5.73 Å². The molecule has 5 heteroatoms. The molecule has 0 saturated heterocycles. The van der Waals surface area contributed by atoms with Gasteiger partial charge in [0.1, 0.15) is 11.6 Å². The number of phenols is 1. The minimum atomic E-state index is -0.438. The van der Waals surface area contributed by atoms with Gasteiger partial charge < -0.3 is 10.8 Å². The summed E-state index contributed by atoms with van der Waals surface area (Å²) in [5.74, 6) is -0.478. The van der Waals surface area contributed by atoms with E-state index in [4.69, 9.17) is 5.73 Å². The molecule has 0 aliphatic carbocycles. The highest BCUT2D eigenvalue weighted by atomic mass is 19.1. The maximum atomic E-state index is 12.9. The Morgan fingerprint density at radius 2 is 2.21 bits per heavy atom. The molecular weight excluding hydrogens is 185 g/mol. The molecule has 14 heavy (non-hydrogen) atoms. The molecule has 4 nitrogen and oxygen atoms in total. The molecule has 0 unspecified atom stereocenters. The number of benzene rings is 1. The van der Waals surface area contributed by atoms with Crippen molar-refractivity contribution in [2.45, 2.75) is 0 Å². The van der Waals surface area contributed by atoms with E-state index in [1.807, 2.05) is 0 Å². The lowest BCUT2D eigenvalue weighted by Crippen LogP contribution is -1.88. The van der Waals surface area contributed by atoms with Crippen molar-refractivity contribution < 1.29 is 9.50 Å². The third-order valence-corrected chi connectivity index (χ3v) is 1.90. The second-order valence-electron chi connectivity index (χ2n) is 2.86. The fraction of sp³-hybridized carbons (Fsp3) is 0. The van der Waals surface area contributed by atoms with E-state index < -0.39 is 5.82 Å². The van der Waals surface area contributed by atoms with Crippen molar-refractivity contribution in [3.8, 4) is 17.0 Å². The molecule has 0 aliphatic rings. The van der Waals surface area contributed by atoms with Gasteiger partial charge in [0, 0.05) is 5.56 Å². The molecule has 0 bridgehead atoms. The van der Waals surface area contributed by atoms with Gasteiger partial charge >= 0.3 is 0 Å². The number of aromatic hydroxyl groups is 1. The molecule has 1 aromatic carbocycles. The molecular formula is C9H8FN3O. The zero-order chi connectivity index (χ0) is 10.1. The van der Waals surface area contributed by atoms with Gasteiger partial charge in [-0.1, -0.05) is 0 Å². The smallest absolute Gasteiger partial charge is 0.125 e. The van der Waals surface area contributed by atoms with Gasteiger partial charge in [-0.05, 0) is 18.2 Å². The van der Waals surface area contributed by atoms with Crippen molar-refractivity contribution in [3.05, 3.63) is 30.2 Å². The van der Waals surface area contributed by atoms with Gasteiger partial charge in [0.25, 0.3) is 0 Å². The highest BCUT2D eigenvalue weighted by Gasteiger charge is 2.10.